The van der Waals surface area contributed by atoms with E-state index >= 15 is 0 Å². The molecule has 0 unspecified atom stereocenters. The van der Waals surface area contributed by atoms with E-state index in [1.807, 2.05) is 30.3 Å². The lowest BCUT2D eigenvalue weighted by Crippen LogP contribution is -2.17. The Labute approximate surface area is 148 Å². The molecule has 2 aromatic carbocycles. The van der Waals surface area contributed by atoms with Crippen LogP contribution in [0.5, 0.6) is 0 Å². The average Bonchev–Trinajstić information content (AvgIpc) is 3.17. The predicted molar refractivity (Wildman–Crippen MR) is 100.0 cm³/mol. The number of carbonyl (C=O) groups is 1. The summed E-state index contributed by atoms with van der Waals surface area (Å²) in [6.45, 7) is 0. The highest BCUT2D eigenvalue weighted by Crippen LogP contribution is 2.30. The molecule has 1 fully saturated rings. The highest BCUT2D eigenvalue weighted by Gasteiger charge is 2.30. The molecule has 1 amide bonds. The van der Waals surface area contributed by atoms with E-state index in [0.29, 0.717) is 10.6 Å². The summed E-state index contributed by atoms with van der Waals surface area (Å²) in [5.41, 5.74) is 1.52. The second kappa shape index (κ2) is 7.66. The lowest BCUT2D eigenvalue weighted by Gasteiger charge is -2.11. The summed E-state index contributed by atoms with van der Waals surface area (Å²) in [6.07, 6.45) is 6.63. The van der Waals surface area contributed by atoms with Crippen LogP contribution in [0.4, 0.5) is 5.69 Å². The van der Waals surface area contributed by atoms with Crippen molar-refractivity contribution in [1.29, 1.82) is 0 Å². The first-order valence-corrected chi connectivity index (χ1v) is 9.98. The summed E-state index contributed by atoms with van der Waals surface area (Å²) < 4.78 is 25.1. The first-order chi connectivity index (χ1) is 12.1. The lowest BCUT2D eigenvalue weighted by molar-refractivity contribution is -0.111. The molecule has 0 bridgehead atoms. The zero-order valence-electron chi connectivity index (χ0n) is 13.9. The van der Waals surface area contributed by atoms with Crippen molar-refractivity contribution in [1.82, 2.24) is 0 Å². The quantitative estimate of drug-likeness (QED) is 0.823. The number of rotatable bonds is 5. The molecule has 1 aliphatic carbocycles. The van der Waals surface area contributed by atoms with Gasteiger partial charge in [-0.05, 0) is 48.7 Å². The maximum atomic E-state index is 12.5. The zero-order chi connectivity index (χ0) is 17.7. The smallest absolute Gasteiger partial charge is 0.248 e. The van der Waals surface area contributed by atoms with Gasteiger partial charge in [0.1, 0.15) is 0 Å². The Morgan fingerprint density at radius 3 is 2.24 bits per heavy atom. The SMILES string of the molecule is O=C(/C=C/c1ccccc1)Nc1ccc(S(=O)(=O)C2CCCC2)cc1. The van der Waals surface area contributed by atoms with Gasteiger partial charge in [-0.2, -0.15) is 0 Å². The monoisotopic (exact) mass is 355 g/mol. The molecule has 25 heavy (non-hydrogen) atoms. The number of benzene rings is 2. The number of carbonyl (C=O) groups excluding carboxylic acids is 1. The molecule has 4 nitrogen and oxygen atoms in total. The molecule has 1 saturated carbocycles. The van der Waals surface area contributed by atoms with Gasteiger partial charge in [0.2, 0.25) is 5.91 Å². The second-order valence-corrected chi connectivity index (χ2v) is 8.44. The van der Waals surface area contributed by atoms with Crippen molar-refractivity contribution in [2.75, 3.05) is 5.32 Å². The summed E-state index contributed by atoms with van der Waals surface area (Å²) in [6, 6.07) is 16.0. The van der Waals surface area contributed by atoms with Gasteiger partial charge < -0.3 is 5.32 Å². The van der Waals surface area contributed by atoms with Crippen LogP contribution < -0.4 is 5.32 Å². The highest BCUT2D eigenvalue weighted by molar-refractivity contribution is 7.92. The van der Waals surface area contributed by atoms with Gasteiger partial charge >= 0.3 is 0 Å². The molecule has 0 aromatic heterocycles. The van der Waals surface area contributed by atoms with Gasteiger partial charge in [-0.15, -0.1) is 0 Å². The van der Waals surface area contributed by atoms with Gasteiger partial charge in [-0.25, -0.2) is 8.42 Å². The molecule has 1 aliphatic rings. The molecule has 0 radical (unpaired) electrons. The maximum Gasteiger partial charge on any atom is 0.248 e. The molecule has 130 valence electrons. The molecule has 0 atom stereocenters. The lowest BCUT2D eigenvalue weighted by atomic mass is 10.2. The van der Waals surface area contributed by atoms with E-state index in [2.05, 4.69) is 5.32 Å². The highest BCUT2D eigenvalue weighted by atomic mass is 32.2. The van der Waals surface area contributed by atoms with Crippen molar-refractivity contribution in [2.45, 2.75) is 35.8 Å². The summed E-state index contributed by atoms with van der Waals surface area (Å²) in [7, 11) is -3.26. The van der Waals surface area contributed by atoms with E-state index in [1.165, 1.54) is 6.08 Å². The normalized spacial score (nSPS) is 15.5. The molecule has 1 N–H and O–H groups in total. The first kappa shape index (κ1) is 17.4. The maximum absolute atomic E-state index is 12.5. The molecular weight excluding hydrogens is 334 g/mol. The molecule has 2 aromatic rings. The Balaban J connectivity index is 1.64. The fraction of sp³-hybridized carbons (Fsp3) is 0.250. The van der Waals surface area contributed by atoms with Crippen molar-refractivity contribution >= 4 is 27.5 Å². The van der Waals surface area contributed by atoms with Crippen LogP contribution in [0.15, 0.2) is 65.6 Å². The van der Waals surface area contributed by atoms with E-state index in [-0.39, 0.29) is 11.2 Å². The van der Waals surface area contributed by atoms with Crippen LogP contribution >= 0.6 is 0 Å². The van der Waals surface area contributed by atoms with E-state index < -0.39 is 9.84 Å². The molecule has 5 heteroatoms. The van der Waals surface area contributed by atoms with Crippen molar-refractivity contribution in [3.8, 4) is 0 Å². The Kier molecular flexibility index (Phi) is 5.34. The Bertz CT molecular complexity index is 850. The first-order valence-electron chi connectivity index (χ1n) is 8.44. The topological polar surface area (TPSA) is 63.2 Å². The fourth-order valence-corrected chi connectivity index (χ4v) is 4.89. The van der Waals surface area contributed by atoms with Gasteiger partial charge in [-0.3, -0.25) is 4.79 Å². The number of nitrogens with one attached hydrogen (secondary N) is 1. The van der Waals surface area contributed by atoms with Crippen molar-refractivity contribution in [3.05, 3.63) is 66.2 Å². The second-order valence-electron chi connectivity index (χ2n) is 6.21. The number of sulfone groups is 1. The molecule has 0 saturated heterocycles. The number of anilines is 1. The zero-order valence-corrected chi connectivity index (χ0v) is 14.7. The molecular formula is C20H21NO3S. The van der Waals surface area contributed by atoms with E-state index in [0.717, 1.165) is 31.2 Å². The minimum atomic E-state index is -3.26. The Morgan fingerprint density at radius 2 is 1.60 bits per heavy atom. The third-order valence-corrected chi connectivity index (χ3v) is 6.70. The Morgan fingerprint density at radius 1 is 0.960 bits per heavy atom. The van der Waals surface area contributed by atoms with Gasteiger partial charge in [0.25, 0.3) is 0 Å². The number of amides is 1. The summed E-state index contributed by atoms with van der Waals surface area (Å²) in [4.78, 5) is 12.3. The van der Waals surface area contributed by atoms with E-state index in [1.54, 1.807) is 30.3 Å². The number of hydrogen-bond donors (Lipinski definition) is 1. The van der Waals surface area contributed by atoms with Crippen LogP contribution in [0.1, 0.15) is 31.2 Å². The summed E-state index contributed by atoms with van der Waals surface area (Å²) >= 11 is 0. The molecule has 0 heterocycles. The van der Waals surface area contributed by atoms with Crippen LogP contribution in [0.3, 0.4) is 0 Å². The van der Waals surface area contributed by atoms with Gasteiger partial charge in [-0.1, -0.05) is 43.2 Å². The predicted octanol–water partition coefficient (Wildman–Crippen LogP) is 4.05. The van der Waals surface area contributed by atoms with Crippen LogP contribution in [-0.4, -0.2) is 19.6 Å². The summed E-state index contributed by atoms with van der Waals surface area (Å²) in [5.74, 6) is -0.254. The van der Waals surface area contributed by atoms with Gasteiger partial charge in [0.15, 0.2) is 9.84 Å². The molecule has 3 rings (SSSR count). The third kappa shape index (κ3) is 4.37. The largest absolute Gasteiger partial charge is 0.323 e. The molecule has 0 aliphatic heterocycles. The number of hydrogen-bond acceptors (Lipinski definition) is 3. The van der Waals surface area contributed by atoms with E-state index in [9.17, 15) is 13.2 Å². The third-order valence-electron chi connectivity index (χ3n) is 4.42. The van der Waals surface area contributed by atoms with Crippen molar-refractivity contribution in [2.24, 2.45) is 0 Å². The minimum absolute atomic E-state index is 0.254. The molecule has 0 spiro atoms. The van der Waals surface area contributed by atoms with Gasteiger partial charge in [0, 0.05) is 11.8 Å². The minimum Gasteiger partial charge on any atom is -0.323 e. The summed E-state index contributed by atoms with van der Waals surface area (Å²) in [5, 5.41) is 2.48. The van der Waals surface area contributed by atoms with Crippen LogP contribution in [0.25, 0.3) is 6.08 Å². The van der Waals surface area contributed by atoms with E-state index in [4.69, 9.17) is 0 Å². The van der Waals surface area contributed by atoms with Gasteiger partial charge in [0.05, 0.1) is 10.1 Å². The fourth-order valence-electron chi connectivity index (χ4n) is 3.04. The van der Waals surface area contributed by atoms with Crippen LogP contribution in [0.2, 0.25) is 0 Å². The van der Waals surface area contributed by atoms with Crippen molar-refractivity contribution in [3.63, 3.8) is 0 Å². The van der Waals surface area contributed by atoms with Crippen LogP contribution in [-0.2, 0) is 14.6 Å². The average molecular weight is 355 g/mol. The standard InChI is InChI=1S/C20H21NO3S/c22-20(15-10-16-6-2-1-3-7-16)21-17-11-13-19(14-12-17)25(23,24)18-8-4-5-9-18/h1-3,6-7,10-15,18H,4-5,8-9H2,(H,21,22)/b15-10+. The van der Waals surface area contributed by atoms with Crippen molar-refractivity contribution < 1.29 is 13.2 Å². The van der Waals surface area contributed by atoms with Crippen LogP contribution in [0, 0.1) is 0 Å². The Hall–Kier alpha value is -2.40.